The molecule has 1 aromatic heterocycles. The van der Waals surface area contributed by atoms with Gasteiger partial charge in [0.25, 0.3) is 0 Å². The summed E-state index contributed by atoms with van der Waals surface area (Å²) in [6.07, 6.45) is 2.00. The van der Waals surface area contributed by atoms with Crippen molar-refractivity contribution in [1.29, 1.82) is 0 Å². The van der Waals surface area contributed by atoms with Crippen molar-refractivity contribution in [2.45, 2.75) is 13.3 Å². The van der Waals surface area contributed by atoms with Gasteiger partial charge in [0.1, 0.15) is 5.82 Å². The van der Waals surface area contributed by atoms with Crippen LogP contribution in [-0.4, -0.2) is 10.9 Å². The predicted molar refractivity (Wildman–Crippen MR) is 105 cm³/mol. The van der Waals surface area contributed by atoms with Crippen molar-refractivity contribution in [1.82, 2.24) is 4.98 Å². The fourth-order valence-electron chi connectivity index (χ4n) is 2.43. The van der Waals surface area contributed by atoms with E-state index < -0.39 is 0 Å². The first-order valence-electron chi connectivity index (χ1n) is 7.93. The molecular formula is C20H18BrN3O. The Morgan fingerprint density at radius 1 is 1.04 bits per heavy atom. The zero-order valence-corrected chi connectivity index (χ0v) is 15.4. The molecule has 25 heavy (non-hydrogen) atoms. The molecule has 2 aromatic carbocycles. The summed E-state index contributed by atoms with van der Waals surface area (Å²) in [5.41, 5.74) is 4.01. The highest BCUT2D eigenvalue weighted by Crippen LogP contribution is 2.19. The van der Waals surface area contributed by atoms with E-state index in [1.807, 2.05) is 55.5 Å². The van der Waals surface area contributed by atoms with Gasteiger partial charge in [0.05, 0.1) is 18.3 Å². The molecule has 0 saturated carbocycles. The van der Waals surface area contributed by atoms with E-state index in [2.05, 4.69) is 37.6 Å². The predicted octanol–water partition coefficient (Wildman–Crippen LogP) is 5.08. The molecule has 0 spiro atoms. The zero-order valence-electron chi connectivity index (χ0n) is 13.8. The second-order valence-electron chi connectivity index (χ2n) is 5.74. The van der Waals surface area contributed by atoms with E-state index in [4.69, 9.17) is 0 Å². The van der Waals surface area contributed by atoms with Crippen molar-refractivity contribution in [3.05, 3.63) is 82.5 Å². The summed E-state index contributed by atoms with van der Waals surface area (Å²) in [4.78, 5) is 16.5. The lowest BCUT2D eigenvalue weighted by Crippen LogP contribution is -2.15. The summed E-state index contributed by atoms with van der Waals surface area (Å²) in [7, 11) is 0. The van der Waals surface area contributed by atoms with E-state index >= 15 is 0 Å². The third kappa shape index (κ3) is 4.90. The Balaban J connectivity index is 1.60. The van der Waals surface area contributed by atoms with Crippen LogP contribution in [0.2, 0.25) is 0 Å². The highest BCUT2D eigenvalue weighted by atomic mass is 79.9. The first kappa shape index (κ1) is 17.2. The minimum atomic E-state index is -0.0983. The maximum absolute atomic E-state index is 12.2. The van der Waals surface area contributed by atoms with Crippen molar-refractivity contribution in [3.8, 4) is 0 Å². The first-order chi connectivity index (χ1) is 12.1. The number of pyridine rings is 1. The third-order valence-electron chi connectivity index (χ3n) is 3.65. The van der Waals surface area contributed by atoms with Crippen molar-refractivity contribution >= 4 is 39.0 Å². The second kappa shape index (κ2) is 7.94. The molecule has 0 bridgehead atoms. The molecular weight excluding hydrogens is 378 g/mol. The van der Waals surface area contributed by atoms with Crippen molar-refractivity contribution < 1.29 is 4.79 Å². The van der Waals surface area contributed by atoms with Crippen LogP contribution in [0, 0.1) is 6.92 Å². The Labute approximate surface area is 155 Å². The number of nitrogens with one attached hydrogen (secondary N) is 2. The Kier molecular flexibility index (Phi) is 5.46. The molecule has 5 heteroatoms. The van der Waals surface area contributed by atoms with Crippen LogP contribution in [0.3, 0.4) is 0 Å². The van der Waals surface area contributed by atoms with Crippen LogP contribution in [0.25, 0.3) is 0 Å². The Bertz CT molecular complexity index is 878. The van der Waals surface area contributed by atoms with E-state index in [0.717, 1.165) is 21.4 Å². The third-order valence-corrected chi connectivity index (χ3v) is 4.42. The van der Waals surface area contributed by atoms with Gasteiger partial charge in [0, 0.05) is 10.2 Å². The van der Waals surface area contributed by atoms with Gasteiger partial charge in [-0.05, 0) is 48.4 Å². The topological polar surface area (TPSA) is 54.0 Å². The maximum Gasteiger partial charge on any atom is 0.229 e. The average molecular weight is 396 g/mol. The summed E-state index contributed by atoms with van der Waals surface area (Å²) in [6, 6.07) is 19.5. The number of anilines is 3. The van der Waals surface area contributed by atoms with Crippen molar-refractivity contribution in [2.75, 3.05) is 10.6 Å². The van der Waals surface area contributed by atoms with Crippen LogP contribution in [-0.2, 0) is 11.2 Å². The lowest BCUT2D eigenvalue weighted by Gasteiger charge is -2.09. The smallest absolute Gasteiger partial charge is 0.229 e. The molecule has 0 radical (unpaired) electrons. The minimum absolute atomic E-state index is 0.0983. The van der Waals surface area contributed by atoms with E-state index in [9.17, 15) is 4.79 Å². The summed E-state index contributed by atoms with van der Waals surface area (Å²) >= 11 is 3.45. The summed E-state index contributed by atoms with van der Waals surface area (Å²) < 4.78 is 0.927. The van der Waals surface area contributed by atoms with Gasteiger partial charge < -0.3 is 10.6 Å². The summed E-state index contributed by atoms with van der Waals surface area (Å²) in [5, 5.41) is 6.11. The van der Waals surface area contributed by atoms with Crippen molar-refractivity contribution in [2.24, 2.45) is 0 Å². The van der Waals surface area contributed by atoms with Gasteiger partial charge in [-0.3, -0.25) is 4.79 Å². The number of amides is 1. The monoisotopic (exact) mass is 395 g/mol. The minimum Gasteiger partial charge on any atom is -0.354 e. The van der Waals surface area contributed by atoms with Gasteiger partial charge in [-0.2, -0.15) is 0 Å². The molecule has 0 fully saturated rings. The number of benzene rings is 2. The van der Waals surface area contributed by atoms with E-state index in [1.165, 1.54) is 5.56 Å². The molecule has 0 aliphatic rings. The van der Waals surface area contributed by atoms with Gasteiger partial charge in [0.15, 0.2) is 0 Å². The summed E-state index contributed by atoms with van der Waals surface area (Å²) in [5.74, 6) is 0.436. The number of carbonyl (C=O) groups excluding carboxylic acids is 1. The number of hydrogen-bond acceptors (Lipinski definition) is 3. The molecule has 1 amide bonds. The van der Waals surface area contributed by atoms with Gasteiger partial charge >= 0.3 is 0 Å². The van der Waals surface area contributed by atoms with E-state index in [-0.39, 0.29) is 5.91 Å². The molecule has 3 rings (SSSR count). The molecule has 0 aliphatic carbocycles. The van der Waals surface area contributed by atoms with Crippen molar-refractivity contribution in [3.63, 3.8) is 0 Å². The Hall–Kier alpha value is -2.66. The molecule has 0 atom stereocenters. The van der Waals surface area contributed by atoms with Crippen LogP contribution in [0.4, 0.5) is 17.2 Å². The van der Waals surface area contributed by atoms with Crippen LogP contribution in [0.15, 0.2) is 71.3 Å². The fraction of sp³-hybridized carbons (Fsp3) is 0.100. The summed E-state index contributed by atoms with van der Waals surface area (Å²) in [6.45, 7) is 2.05. The highest BCUT2D eigenvalue weighted by Gasteiger charge is 2.07. The van der Waals surface area contributed by atoms with Crippen LogP contribution in [0.5, 0.6) is 0 Å². The second-order valence-corrected chi connectivity index (χ2v) is 6.60. The van der Waals surface area contributed by atoms with Crippen LogP contribution < -0.4 is 10.6 Å². The van der Waals surface area contributed by atoms with E-state index in [0.29, 0.717) is 12.2 Å². The zero-order chi connectivity index (χ0) is 17.6. The number of rotatable bonds is 5. The van der Waals surface area contributed by atoms with Gasteiger partial charge in [0.2, 0.25) is 5.91 Å². The molecule has 0 unspecified atom stereocenters. The molecule has 0 aliphatic heterocycles. The standard InChI is InChI=1S/C20H18BrN3O/c1-14-5-4-7-16(11-14)23-17-9-10-19(22-13-17)24-20(25)12-15-6-2-3-8-18(15)21/h2-11,13,23H,12H2,1H3,(H,22,24,25). The Morgan fingerprint density at radius 3 is 2.60 bits per heavy atom. The first-order valence-corrected chi connectivity index (χ1v) is 8.72. The number of aromatic nitrogens is 1. The van der Waals surface area contributed by atoms with E-state index in [1.54, 1.807) is 12.3 Å². The average Bonchev–Trinajstić information content (AvgIpc) is 2.59. The molecule has 1 heterocycles. The Morgan fingerprint density at radius 2 is 1.88 bits per heavy atom. The number of carbonyl (C=O) groups is 1. The normalized spacial score (nSPS) is 10.3. The fourth-order valence-corrected chi connectivity index (χ4v) is 2.86. The largest absolute Gasteiger partial charge is 0.354 e. The number of hydrogen-bond donors (Lipinski definition) is 2. The number of nitrogens with zero attached hydrogens (tertiary/aromatic N) is 1. The maximum atomic E-state index is 12.2. The molecule has 4 nitrogen and oxygen atoms in total. The molecule has 3 aromatic rings. The number of halogens is 1. The lowest BCUT2D eigenvalue weighted by molar-refractivity contribution is -0.115. The SMILES string of the molecule is Cc1cccc(Nc2ccc(NC(=O)Cc3ccccc3Br)nc2)c1. The van der Waals surface area contributed by atoms with Gasteiger partial charge in [-0.1, -0.05) is 46.3 Å². The lowest BCUT2D eigenvalue weighted by atomic mass is 10.1. The number of aryl methyl sites for hydroxylation is 1. The van der Waals surface area contributed by atoms with Gasteiger partial charge in [-0.15, -0.1) is 0 Å². The molecule has 126 valence electrons. The van der Waals surface area contributed by atoms with Crippen LogP contribution >= 0.6 is 15.9 Å². The highest BCUT2D eigenvalue weighted by molar-refractivity contribution is 9.10. The molecule has 0 saturated heterocycles. The molecule has 2 N–H and O–H groups in total. The quantitative estimate of drug-likeness (QED) is 0.633. The van der Waals surface area contributed by atoms with Crippen LogP contribution in [0.1, 0.15) is 11.1 Å². The van der Waals surface area contributed by atoms with Gasteiger partial charge in [-0.25, -0.2) is 4.98 Å².